The summed E-state index contributed by atoms with van der Waals surface area (Å²) in [5, 5.41) is 14.9. The van der Waals surface area contributed by atoms with E-state index in [2.05, 4.69) is 21.7 Å². The molecular weight excluding hydrogens is 268 g/mol. The fraction of sp³-hybridized carbons (Fsp3) is 0.267. The molecule has 1 amide bonds. The minimum Gasteiger partial charge on any atom is -0.432 e. The van der Waals surface area contributed by atoms with E-state index < -0.39 is 0 Å². The summed E-state index contributed by atoms with van der Waals surface area (Å²) in [5.74, 6) is 0.201. The Morgan fingerprint density at radius 3 is 3.19 bits per heavy atom. The molecule has 21 heavy (non-hydrogen) atoms. The summed E-state index contributed by atoms with van der Waals surface area (Å²) in [6.07, 6.45) is 2.40. The van der Waals surface area contributed by atoms with Crippen molar-refractivity contribution in [2.24, 2.45) is 0 Å². The monoisotopic (exact) mass is 282 g/mol. The maximum Gasteiger partial charge on any atom is 0.307 e. The number of amides is 1. The van der Waals surface area contributed by atoms with E-state index in [1.54, 1.807) is 18.2 Å². The molecule has 2 N–H and O–H groups in total. The van der Waals surface area contributed by atoms with E-state index in [-0.39, 0.29) is 17.8 Å². The summed E-state index contributed by atoms with van der Waals surface area (Å²) < 4.78 is 5.49. The number of carbonyl (C=O) groups is 1. The highest BCUT2D eigenvalue weighted by atomic mass is 16.4. The van der Waals surface area contributed by atoms with E-state index >= 15 is 0 Å². The molecule has 2 aromatic rings. The molecule has 1 fully saturated rings. The first-order chi connectivity index (χ1) is 10.3. The zero-order chi connectivity index (χ0) is 14.7. The highest BCUT2D eigenvalue weighted by molar-refractivity contribution is 5.90. The van der Waals surface area contributed by atoms with E-state index in [1.807, 2.05) is 6.07 Å². The smallest absolute Gasteiger partial charge is 0.307 e. The van der Waals surface area contributed by atoms with Gasteiger partial charge >= 0.3 is 5.91 Å². The van der Waals surface area contributed by atoms with Gasteiger partial charge in [-0.1, -0.05) is 12.1 Å². The number of rotatable bonds is 3. The van der Waals surface area contributed by atoms with E-state index in [1.165, 1.54) is 6.20 Å². The fourth-order valence-corrected chi connectivity index (χ4v) is 2.28. The molecule has 2 heterocycles. The fourth-order valence-electron chi connectivity index (χ4n) is 2.28. The molecule has 106 valence electrons. The van der Waals surface area contributed by atoms with Crippen molar-refractivity contribution < 1.29 is 9.21 Å². The minimum atomic E-state index is -0.314. The Labute approximate surface area is 121 Å². The molecule has 1 saturated heterocycles. The lowest BCUT2D eigenvalue weighted by molar-refractivity contribution is 0.0906. The SMILES string of the molecule is N#Cc1cccc(-c2cnc(C(=O)NC3CCNC3)o2)c1. The molecule has 1 aromatic heterocycles. The average molecular weight is 282 g/mol. The Kier molecular flexibility index (Phi) is 3.67. The molecule has 6 nitrogen and oxygen atoms in total. The predicted octanol–water partition coefficient (Wildman–Crippen LogP) is 1.30. The van der Waals surface area contributed by atoms with Crippen LogP contribution in [0.4, 0.5) is 0 Å². The lowest BCUT2D eigenvalue weighted by Gasteiger charge is -2.08. The average Bonchev–Trinajstić information content (AvgIpc) is 3.18. The summed E-state index contributed by atoms with van der Waals surface area (Å²) in [6.45, 7) is 1.67. The Hall–Kier alpha value is -2.65. The summed E-state index contributed by atoms with van der Waals surface area (Å²) in [5.41, 5.74) is 1.26. The molecular formula is C15H14N4O2. The zero-order valence-corrected chi connectivity index (χ0v) is 11.3. The van der Waals surface area contributed by atoms with Gasteiger partial charge in [0.2, 0.25) is 0 Å². The van der Waals surface area contributed by atoms with Gasteiger partial charge in [-0.3, -0.25) is 4.79 Å². The van der Waals surface area contributed by atoms with E-state index in [0.717, 1.165) is 25.1 Å². The van der Waals surface area contributed by atoms with E-state index in [9.17, 15) is 4.79 Å². The molecule has 0 aliphatic carbocycles. The number of hydrogen-bond donors (Lipinski definition) is 2. The third-order valence-corrected chi connectivity index (χ3v) is 3.37. The molecule has 0 saturated carbocycles. The van der Waals surface area contributed by atoms with Crippen LogP contribution < -0.4 is 10.6 Å². The Morgan fingerprint density at radius 1 is 1.52 bits per heavy atom. The molecule has 1 aliphatic heterocycles. The molecule has 6 heteroatoms. The van der Waals surface area contributed by atoms with E-state index in [4.69, 9.17) is 9.68 Å². The maximum absolute atomic E-state index is 12.0. The first-order valence-corrected chi connectivity index (χ1v) is 6.74. The molecule has 1 aromatic carbocycles. The molecule has 3 rings (SSSR count). The predicted molar refractivity (Wildman–Crippen MR) is 75.4 cm³/mol. The van der Waals surface area contributed by atoms with Crippen LogP contribution in [0.5, 0.6) is 0 Å². The summed E-state index contributed by atoms with van der Waals surface area (Å²) in [4.78, 5) is 16.0. The van der Waals surface area contributed by atoms with Gasteiger partial charge in [0, 0.05) is 18.2 Å². The molecule has 1 unspecified atom stereocenters. The van der Waals surface area contributed by atoms with Gasteiger partial charge in [0.1, 0.15) is 0 Å². The quantitative estimate of drug-likeness (QED) is 0.885. The molecule has 1 aliphatic rings. The van der Waals surface area contributed by atoms with Crippen LogP contribution in [0.15, 0.2) is 34.9 Å². The van der Waals surface area contributed by atoms with Crippen LogP contribution in [0.3, 0.4) is 0 Å². The van der Waals surface area contributed by atoms with Crippen molar-refractivity contribution in [1.29, 1.82) is 5.26 Å². The number of nitrogens with zero attached hydrogens (tertiary/aromatic N) is 2. The van der Waals surface area contributed by atoms with Gasteiger partial charge in [-0.2, -0.15) is 5.26 Å². The first-order valence-electron chi connectivity index (χ1n) is 6.74. The van der Waals surface area contributed by atoms with Crippen molar-refractivity contribution in [3.8, 4) is 17.4 Å². The van der Waals surface area contributed by atoms with Gasteiger partial charge in [0.15, 0.2) is 5.76 Å². The summed E-state index contributed by atoms with van der Waals surface area (Å²) in [7, 11) is 0. The number of benzene rings is 1. The van der Waals surface area contributed by atoms with Gasteiger partial charge in [-0.15, -0.1) is 0 Å². The van der Waals surface area contributed by atoms with Crippen molar-refractivity contribution in [3.63, 3.8) is 0 Å². The number of hydrogen-bond acceptors (Lipinski definition) is 5. The van der Waals surface area contributed by atoms with Crippen LogP contribution in [0.2, 0.25) is 0 Å². The number of oxazole rings is 1. The van der Waals surface area contributed by atoms with Crippen LogP contribution >= 0.6 is 0 Å². The highest BCUT2D eigenvalue weighted by Gasteiger charge is 2.20. The minimum absolute atomic E-state index is 0.0410. The van der Waals surface area contributed by atoms with Crippen LogP contribution in [0.1, 0.15) is 22.7 Å². The van der Waals surface area contributed by atoms with Crippen LogP contribution in [0, 0.1) is 11.3 Å². The van der Waals surface area contributed by atoms with Gasteiger partial charge in [-0.25, -0.2) is 4.98 Å². The van der Waals surface area contributed by atoms with Crippen LogP contribution in [-0.2, 0) is 0 Å². The van der Waals surface area contributed by atoms with Crippen molar-refractivity contribution in [2.75, 3.05) is 13.1 Å². The van der Waals surface area contributed by atoms with Gasteiger partial charge in [0.05, 0.1) is 17.8 Å². The third-order valence-electron chi connectivity index (χ3n) is 3.37. The van der Waals surface area contributed by atoms with Crippen molar-refractivity contribution in [1.82, 2.24) is 15.6 Å². The Morgan fingerprint density at radius 2 is 2.43 bits per heavy atom. The molecule has 0 spiro atoms. The van der Waals surface area contributed by atoms with Crippen molar-refractivity contribution in [2.45, 2.75) is 12.5 Å². The summed E-state index contributed by atoms with van der Waals surface area (Å²) in [6, 6.07) is 9.17. The second kappa shape index (κ2) is 5.77. The van der Waals surface area contributed by atoms with Gasteiger partial charge in [-0.05, 0) is 25.1 Å². The topological polar surface area (TPSA) is 91.0 Å². The van der Waals surface area contributed by atoms with E-state index in [0.29, 0.717) is 11.3 Å². The summed E-state index contributed by atoms with van der Waals surface area (Å²) >= 11 is 0. The van der Waals surface area contributed by atoms with Crippen LogP contribution in [0.25, 0.3) is 11.3 Å². The second-order valence-corrected chi connectivity index (χ2v) is 4.89. The second-order valence-electron chi connectivity index (χ2n) is 4.89. The Balaban J connectivity index is 1.76. The number of aromatic nitrogens is 1. The third kappa shape index (κ3) is 2.93. The van der Waals surface area contributed by atoms with Crippen molar-refractivity contribution >= 4 is 5.91 Å². The van der Waals surface area contributed by atoms with Crippen LogP contribution in [-0.4, -0.2) is 30.0 Å². The maximum atomic E-state index is 12.0. The normalized spacial score (nSPS) is 17.4. The number of carbonyl (C=O) groups excluding carboxylic acids is 1. The number of nitrogens with one attached hydrogen (secondary N) is 2. The van der Waals surface area contributed by atoms with Gasteiger partial charge in [0.25, 0.3) is 5.89 Å². The highest BCUT2D eigenvalue weighted by Crippen LogP contribution is 2.21. The standard InChI is InChI=1S/C15H14N4O2/c16-7-10-2-1-3-11(6-10)13-9-18-15(21-13)14(20)19-12-4-5-17-8-12/h1-3,6,9,12,17H,4-5,8H2,(H,19,20). The van der Waals surface area contributed by atoms with Gasteiger partial charge < -0.3 is 15.1 Å². The molecule has 0 radical (unpaired) electrons. The molecule has 1 atom stereocenters. The lowest BCUT2D eigenvalue weighted by atomic mass is 10.1. The zero-order valence-electron chi connectivity index (χ0n) is 11.3. The molecule has 0 bridgehead atoms. The first kappa shape index (κ1) is 13.3. The largest absolute Gasteiger partial charge is 0.432 e. The number of nitriles is 1. The lowest BCUT2D eigenvalue weighted by Crippen LogP contribution is -2.36. The van der Waals surface area contributed by atoms with Crippen molar-refractivity contribution in [3.05, 3.63) is 41.9 Å². The Bertz CT molecular complexity index is 696.